The van der Waals surface area contributed by atoms with Crippen molar-refractivity contribution in [2.75, 3.05) is 0 Å². The zero-order chi connectivity index (χ0) is 41.5. The fourth-order valence-corrected chi connectivity index (χ4v) is 11.3. The summed E-state index contributed by atoms with van der Waals surface area (Å²) >= 11 is 0. The average molecular weight is 795 g/mol. The molecular weight excluding hydrogens is 753 g/mol. The van der Waals surface area contributed by atoms with Crippen molar-refractivity contribution in [1.82, 2.24) is 0 Å². The van der Waals surface area contributed by atoms with Gasteiger partial charge in [-0.3, -0.25) is 0 Å². The minimum Gasteiger partial charge on any atom is -0.456 e. The van der Waals surface area contributed by atoms with Gasteiger partial charge in [-0.1, -0.05) is 161 Å². The van der Waals surface area contributed by atoms with Crippen LogP contribution in [0.1, 0.15) is 49.9 Å². The molecule has 2 aromatic heterocycles. The molecule has 2 aliphatic carbocycles. The number of furan rings is 2. The Hall–Kier alpha value is -7.42. The highest BCUT2D eigenvalue weighted by atomic mass is 16.3. The molecule has 0 spiro atoms. The number of fused-ring (bicyclic) bond motifs is 13. The predicted octanol–water partition coefficient (Wildman–Crippen LogP) is 16.8. The minimum absolute atomic E-state index is 0.306. The molecular formula is C60H42O2. The van der Waals surface area contributed by atoms with Gasteiger partial charge >= 0.3 is 0 Å². The van der Waals surface area contributed by atoms with Gasteiger partial charge in [-0.05, 0) is 138 Å². The molecule has 2 aliphatic rings. The number of para-hydroxylation sites is 2. The molecule has 0 N–H and O–H groups in total. The van der Waals surface area contributed by atoms with E-state index < -0.39 is 0 Å². The lowest BCUT2D eigenvalue weighted by Crippen LogP contribution is -2.20. The lowest BCUT2D eigenvalue weighted by Gasteiger charge is -2.31. The maximum absolute atomic E-state index is 6.24. The first-order chi connectivity index (χ1) is 30.3. The molecule has 0 radical (unpaired) electrons. The predicted molar refractivity (Wildman–Crippen MR) is 258 cm³/mol. The summed E-state index contributed by atoms with van der Waals surface area (Å²) in [6.07, 6.45) is 0. The first kappa shape index (κ1) is 35.3. The van der Waals surface area contributed by atoms with Crippen molar-refractivity contribution < 1.29 is 8.83 Å². The van der Waals surface area contributed by atoms with Crippen LogP contribution in [0, 0.1) is 0 Å². The molecule has 62 heavy (non-hydrogen) atoms. The van der Waals surface area contributed by atoms with Crippen molar-refractivity contribution in [3.8, 4) is 66.8 Å². The monoisotopic (exact) mass is 794 g/mol. The van der Waals surface area contributed by atoms with Crippen LogP contribution in [0.3, 0.4) is 0 Å². The van der Waals surface area contributed by atoms with E-state index in [9.17, 15) is 0 Å². The number of benzene rings is 9. The van der Waals surface area contributed by atoms with Gasteiger partial charge in [0.05, 0.1) is 0 Å². The second-order valence-corrected chi connectivity index (χ2v) is 18.4. The Labute approximate surface area is 360 Å². The van der Waals surface area contributed by atoms with Crippen molar-refractivity contribution in [3.63, 3.8) is 0 Å². The quantitative estimate of drug-likeness (QED) is 0.177. The molecule has 2 nitrogen and oxygen atoms in total. The first-order valence-corrected chi connectivity index (χ1v) is 21.7. The van der Waals surface area contributed by atoms with Crippen LogP contribution in [0.2, 0.25) is 0 Å². The zero-order valence-electron chi connectivity index (χ0n) is 35.1. The van der Waals surface area contributed by atoms with Gasteiger partial charge in [0, 0.05) is 32.4 Å². The van der Waals surface area contributed by atoms with Gasteiger partial charge in [-0.25, -0.2) is 0 Å². The van der Waals surface area contributed by atoms with Crippen molar-refractivity contribution in [2.24, 2.45) is 0 Å². The van der Waals surface area contributed by atoms with Crippen LogP contribution in [0.5, 0.6) is 0 Å². The topological polar surface area (TPSA) is 26.3 Å². The first-order valence-electron chi connectivity index (χ1n) is 21.7. The van der Waals surface area contributed by atoms with E-state index in [1.165, 1.54) is 89.0 Å². The number of hydrogen-bond acceptors (Lipinski definition) is 2. The van der Waals surface area contributed by atoms with Gasteiger partial charge in [0.25, 0.3) is 0 Å². The summed E-state index contributed by atoms with van der Waals surface area (Å²) < 4.78 is 12.5. The van der Waals surface area contributed by atoms with E-state index in [1.54, 1.807) is 0 Å². The largest absolute Gasteiger partial charge is 0.456 e. The average Bonchev–Trinajstić information content (AvgIpc) is 4.00. The van der Waals surface area contributed by atoms with Gasteiger partial charge in [0.15, 0.2) is 0 Å². The van der Waals surface area contributed by atoms with Crippen LogP contribution >= 0.6 is 0 Å². The Kier molecular flexibility index (Phi) is 7.16. The fourth-order valence-electron chi connectivity index (χ4n) is 11.3. The Bertz CT molecular complexity index is 3670. The fraction of sp³-hybridized carbons (Fsp3) is 0.100. The molecule has 0 atom stereocenters. The number of rotatable bonds is 4. The van der Waals surface area contributed by atoms with Crippen molar-refractivity contribution in [1.29, 1.82) is 0 Å². The summed E-state index contributed by atoms with van der Waals surface area (Å²) in [5.41, 5.74) is 23.9. The highest BCUT2D eigenvalue weighted by molar-refractivity contribution is 6.10. The molecule has 0 amide bonds. The molecule has 0 aliphatic heterocycles. The van der Waals surface area contributed by atoms with Gasteiger partial charge in [-0.2, -0.15) is 0 Å². The highest BCUT2D eigenvalue weighted by Crippen LogP contribution is 2.65. The van der Waals surface area contributed by atoms with Crippen LogP contribution in [0.15, 0.2) is 191 Å². The van der Waals surface area contributed by atoms with Crippen LogP contribution < -0.4 is 0 Å². The smallest absolute Gasteiger partial charge is 0.135 e. The third-order valence-electron chi connectivity index (χ3n) is 14.2. The highest BCUT2D eigenvalue weighted by Gasteiger charge is 2.48. The van der Waals surface area contributed by atoms with Crippen LogP contribution in [0.4, 0.5) is 0 Å². The van der Waals surface area contributed by atoms with E-state index in [4.69, 9.17) is 8.83 Å². The standard InChI is InChI=1S/C60H42O2/c1-59(2)48-34-40(38-26-30-52-46(32-38)42-20-12-14-22-50(42)62-52)24-28-44(48)56-57(59)54(36-17-9-6-10-18-36)53(35-15-7-5-8-16-35)55-43-27-23-39(33-47(43)60(3,4)58(55)56)37-25-29-51-45(31-37)41-19-11-13-21-49(41)61-51/h5-34H,1-4H3. The van der Waals surface area contributed by atoms with Gasteiger partial charge in [-0.15, -0.1) is 0 Å². The van der Waals surface area contributed by atoms with Gasteiger partial charge in [0.2, 0.25) is 0 Å². The normalized spacial score (nSPS) is 14.4. The van der Waals surface area contributed by atoms with E-state index in [2.05, 4.69) is 198 Å². The van der Waals surface area contributed by atoms with E-state index in [0.717, 1.165) is 43.9 Å². The third-order valence-corrected chi connectivity index (χ3v) is 14.2. The summed E-state index contributed by atoms with van der Waals surface area (Å²) in [4.78, 5) is 0. The van der Waals surface area contributed by atoms with Crippen molar-refractivity contribution in [2.45, 2.75) is 38.5 Å². The van der Waals surface area contributed by atoms with E-state index in [1.807, 2.05) is 12.1 Å². The zero-order valence-corrected chi connectivity index (χ0v) is 35.1. The molecule has 13 rings (SSSR count). The Morgan fingerprint density at radius 3 is 1.19 bits per heavy atom. The van der Waals surface area contributed by atoms with Gasteiger partial charge in [0.1, 0.15) is 22.3 Å². The molecule has 0 saturated heterocycles. The molecule has 294 valence electrons. The van der Waals surface area contributed by atoms with Crippen LogP contribution in [0.25, 0.3) is 111 Å². The van der Waals surface area contributed by atoms with Crippen LogP contribution in [-0.4, -0.2) is 0 Å². The molecule has 0 bridgehead atoms. The van der Waals surface area contributed by atoms with Crippen LogP contribution in [-0.2, 0) is 10.8 Å². The summed E-state index contributed by atoms with van der Waals surface area (Å²) in [5, 5.41) is 4.59. The SMILES string of the molecule is CC1(C)c2cc(-c3ccc4oc5ccccc5c4c3)ccc2-c2c1c(-c1ccccc1)c(-c1ccccc1)c1c2C(C)(C)c2cc(-c3ccc4oc5ccccc5c4c3)ccc2-1. The lowest BCUT2D eigenvalue weighted by molar-refractivity contribution is 0.649. The van der Waals surface area contributed by atoms with E-state index in [0.29, 0.717) is 0 Å². The molecule has 0 fully saturated rings. The Morgan fingerprint density at radius 2 is 0.677 bits per heavy atom. The second kappa shape index (κ2) is 12.6. The maximum Gasteiger partial charge on any atom is 0.135 e. The minimum atomic E-state index is -0.310. The van der Waals surface area contributed by atoms with E-state index >= 15 is 0 Å². The van der Waals surface area contributed by atoms with E-state index in [-0.39, 0.29) is 10.8 Å². The van der Waals surface area contributed by atoms with Crippen molar-refractivity contribution in [3.05, 3.63) is 204 Å². The van der Waals surface area contributed by atoms with Gasteiger partial charge < -0.3 is 8.83 Å². The molecule has 9 aromatic carbocycles. The Balaban J connectivity index is 1.07. The summed E-state index contributed by atoms with van der Waals surface area (Å²) in [6, 6.07) is 66.7. The van der Waals surface area contributed by atoms with Crippen molar-refractivity contribution >= 4 is 43.9 Å². The Morgan fingerprint density at radius 1 is 0.290 bits per heavy atom. The molecule has 2 heteroatoms. The molecule has 0 unspecified atom stereocenters. The third kappa shape index (κ3) is 4.81. The molecule has 11 aromatic rings. The second-order valence-electron chi connectivity index (χ2n) is 18.4. The maximum atomic E-state index is 6.24. The molecule has 2 heterocycles. The number of hydrogen-bond donors (Lipinski definition) is 0. The molecule has 0 saturated carbocycles. The summed E-state index contributed by atoms with van der Waals surface area (Å²) in [5.74, 6) is 0. The summed E-state index contributed by atoms with van der Waals surface area (Å²) in [6.45, 7) is 9.81. The summed E-state index contributed by atoms with van der Waals surface area (Å²) in [7, 11) is 0. The lowest BCUT2D eigenvalue weighted by atomic mass is 9.71.